The first-order valence-corrected chi connectivity index (χ1v) is 6.97. The zero-order valence-electron chi connectivity index (χ0n) is 10.6. The van der Waals surface area contributed by atoms with Gasteiger partial charge in [0.15, 0.2) is 0 Å². The van der Waals surface area contributed by atoms with Crippen LogP contribution in [0.1, 0.15) is 29.2 Å². The molecule has 18 heavy (non-hydrogen) atoms. The van der Waals surface area contributed by atoms with E-state index in [0.29, 0.717) is 0 Å². The molecule has 0 spiro atoms. The summed E-state index contributed by atoms with van der Waals surface area (Å²) in [6.07, 6.45) is 0.801. The number of aryl methyl sites for hydroxylation is 1. The molecule has 1 N–H and O–H groups in total. The lowest BCUT2D eigenvalue weighted by atomic mass is 10.0. The van der Waals surface area contributed by atoms with Crippen molar-refractivity contribution in [3.8, 4) is 0 Å². The molecule has 2 nitrogen and oxygen atoms in total. The third kappa shape index (κ3) is 3.37. The highest BCUT2D eigenvalue weighted by molar-refractivity contribution is 7.09. The second-order valence-electron chi connectivity index (χ2n) is 4.25. The van der Waals surface area contributed by atoms with Gasteiger partial charge < -0.3 is 5.32 Å². The van der Waals surface area contributed by atoms with E-state index < -0.39 is 0 Å². The topological polar surface area (TPSA) is 24.9 Å². The maximum atomic E-state index is 13.3. The van der Waals surface area contributed by atoms with Crippen LogP contribution >= 0.6 is 11.3 Å². The predicted octanol–water partition coefficient (Wildman–Crippen LogP) is 3.48. The lowest BCUT2D eigenvalue weighted by Crippen LogP contribution is -2.23. The van der Waals surface area contributed by atoms with Crippen LogP contribution in [0.15, 0.2) is 29.6 Å². The van der Waals surface area contributed by atoms with Crippen molar-refractivity contribution >= 4 is 11.3 Å². The molecule has 0 aliphatic rings. The van der Waals surface area contributed by atoms with Crippen LogP contribution in [0.3, 0.4) is 0 Å². The standard InChI is InChI=1S/C14H17FN2S/c1-3-16-13(8-14-17-10(2)9-18-14)11-5-4-6-12(15)7-11/h4-7,9,13,16H,3,8H2,1-2H3. The minimum absolute atomic E-state index is 0.122. The zero-order chi connectivity index (χ0) is 13.0. The molecule has 1 unspecified atom stereocenters. The maximum absolute atomic E-state index is 13.3. The summed E-state index contributed by atoms with van der Waals surface area (Å²) in [5, 5.41) is 6.52. The molecule has 0 aliphatic carbocycles. The smallest absolute Gasteiger partial charge is 0.123 e. The summed E-state index contributed by atoms with van der Waals surface area (Å²) >= 11 is 1.66. The first kappa shape index (κ1) is 13.2. The van der Waals surface area contributed by atoms with Gasteiger partial charge in [0.1, 0.15) is 5.82 Å². The van der Waals surface area contributed by atoms with E-state index in [2.05, 4.69) is 17.2 Å². The summed E-state index contributed by atoms with van der Waals surface area (Å²) < 4.78 is 13.3. The summed E-state index contributed by atoms with van der Waals surface area (Å²) in [6, 6.07) is 6.89. The molecule has 0 radical (unpaired) electrons. The molecule has 0 bridgehead atoms. The minimum Gasteiger partial charge on any atom is -0.310 e. The van der Waals surface area contributed by atoms with Gasteiger partial charge in [-0.1, -0.05) is 19.1 Å². The largest absolute Gasteiger partial charge is 0.310 e. The van der Waals surface area contributed by atoms with Gasteiger partial charge in [0.2, 0.25) is 0 Å². The number of benzene rings is 1. The van der Waals surface area contributed by atoms with Gasteiger partial charge in [-0.3, -0.25) is 0 Å². The summed E-state index contributed by atoms with van der Waals surface area (Å²) in [5.74, 6) is -0.189. The van der Waals surface area contributed by atoms with Gasteiger partial charge in [0.25, 0.3) is 0 Å². The Morgan fingerprint density at radius 2 is 2.28 bits per heavy atom. The Kier molecular flexibility index (Phi) is 4.44. The van der Waals surface area contributed by atoms with Crippen LogP contribution in [0.5, 0.6) is 0 Å². The predicted molar refractivity (Wildman–Crippen MR) is 73.4 cm³/mol. The monoisotopic (exact) mass is 264 g/mol. The van der Waals surface area contributed by atoms with E-state index in [0.717, 1.165) is 29.2 Å². The van der Waals surface area contributed by atoms with Crippen LogP contribution < -0.4 is 5.32 Å². The highest BCUT2D eigenvalue weighted by Gasteiger charge is 2.13. The third-order valence-corrected chi connectivity index (χ3v) is 3.74. The molecule has 0 saturated carbocycles. The number of nitrogens with one attached hydrogen (secondary N) is 1. The molecule has 1 atom stereocenters. The van der Waals surface area contributed by atoms with Crippen molar-refractivity contribution in [2.75, 3.05) is 6.54 Å². The Morgan fingerprint density at radius 1 is 1.44 bits per heavy atom. The Bertz CT molecular complexity index is 510. The SMILES string of the molecule is CCNC(Cc1nc(C)cs1)c1cccc(F)c1. The van der Waals surface area contributed by atoms with E-state index in [9.17, 15) is 4.39 Å². The molecule has 0 amide bonds. The second kappa shape index (κ2) is 6.07. The van der Waals surface area contributed by atoms with E-state index in [-0.39, 0.29) is 11.9 Å². The fraction of sp³-hybridized carbons (Fsp3) is 0.357. The Hall–Kier alpha value is -1.26. The first-order chi connectivity index (χ1) is 8.69. The Balaban J connectivity index is 2.17. The lowest BCUT2D eigenvalue weighted by Gasteiger charge is -2.17. The third-order valence-electron chi connectivity index (χ3n) is 2.75. The van der Waals surface area contributed by atoms with Crippen LogP contribution in [0.4, 0.5) is 4.39 Å². The van der Waals surface area contributed by atoms with Crippen LogP contribution in [0, 0.1) is 12.7 Å². The number of rotatable bonds is 5. The van der Waals surface area contributed by atoms with Gasteiger partial charge in [-0.25, -0.2) is 9.37 Å². The Labute approximate surface area is 111 Å². The van der Waals surface area contributed by atoms with Gasteiger partial charge in [0, 0.05) is 23.5 Å². The van der Waals surface area contributed by atoms with Gasteiger partial charge in [-0.2, -0.15) is 0 Å². The van der Waals surface area contributed by atoms with Crippen LogP contribution in [-0.2, 0) is 6.42 Å². The first-order valence-electron chi connectivity index (χ1n) is 6.09. The highest BCUT2D eigenvalue weighted by atomic mass is 32.1. The quantitative estimate of drug-likeness (QED) is 0.894. The molecular formula is C14H17FN2S. The zero-order valence-corrected chi connectivity index (χ0v) is 11.4. The molecular weight excluding hydrogens is 247 g/mol. The number of aromatic nitrogens is 1. The molecule has 1 aromatic heterocycles. The van der Waals surface area contributed by atoms with Crippen molar-refractivity contribution in [2.45, 2.75) is 26.3 Å². The van der Waals surface area contributed by atoms with Gasteiger partial charge in [-0.15, -0.1) is 11.3 Å². The van der Waals surface area contributed by atoms with Crippen molar-refractivity contribution in [2.24, 2.45) is 0 Å². The maximum Gasteiger partial charge on any atom is 0.123 e. The molecule has 96 valence electrons. The van der Waals surface area contributed by atoms with Crippen molar-refractivity contribution in [3.05, 3.63) is 51.7 Å². The van der Waals surface area contributed by atoms with Crippen LogP contribution in [-0.4, -0.2) is 11.5 Å². The summed E-state index contributed by atoms with van der Waals surface area (Å²) in [5.41, 5.74) is 2.02. The molecule has 4 heteroatoms. The van der Waals surface area contributed by atoms with E-state index >= 15 is 0 Å². The number of nitrogens with zero attached hydrogens (tertiary/aromatic N) is 1. The molecule has 0 fully saturated rings. The van der Waals surface area contributed by atoms with Crippen molar-refractivity contribution < 1.29 is 4.39 Å². The van der Waals surface area contributed by atoms with Crippen LogP contribution in [0.25, 0.3) is 0 Å². The number of halogens is 1. The fourth-order valence-corrected chi connectivity index (χ4v) is 2.77. The fourth-order valence-electron chi connectivity index (χ4n) is 1.95. The second-order valence-corrected chi connectivity index (χ2v) is 5.19. The summed E-state index contributed by atoms with van der Waals surface area (Å²) in [7, 11) is 0. The number of likely N-dealkylation sites (N-methyl/N-ethyl adjacent to an activating group) is 1. The molecule has 0 aliphatic heterocycles. The number of thiazole rings is 1. The average Bonchev–Trinajstić information content (AvgIpc) is 2.74. The van der Waals surface area contributed by atoms with Crippen LogP contribution in [0.2, 0.25) is 0 Å². The van der Waals surface area contributed by atoms with Gasteiger partial charge >= 0.3 is 0 Å². The molecule has 0 saturated heterocycles. The van der Waals surface area contributed by atoms with Crippen molar-refractivity contribution in [3.63, 3.8) is 0 Å². The van der Waals surface area contributed by atoms with Gasteiger partial charge in [0.05, 0.1) is 5.01 Å². The van der Waals surface area contributed by atoms with Crippen molar-refractivity contribution in [1.82, 2.24) is 10.3 Å². The van der Waals surface area contributed by atoms with E-state index in [1.54, 1.807) is 23.5 Å². The minimum atomic E-state index is -0.189. The normalized spacial score (nSPS) is 12.6. The lowest BCUT2D eigenvalue weighted by molar-refractivity contribution is 0.541. The van der Waals surface area contributed by atoms with Crippen molar-refractivity contribution in [1.29, 1.82) is 0 Å². The summed E-state index contributed by atoms with van der Waals surface area (Å²) in [6.45, 7) is 4.90. The molecule has 2 rings (SSSR count). The summed E-state index contributed by atoms with van der Waals surface area (Å²) in [4.78, 5) is 4.47. The molecule has 1 heterocycles. The van der Waals surface area contributed by atoms with Gasteiger partial charge in [-0.05, 0) is 31.2 Å². The van der Waals surface area contributed by atoms with E-state index in [4.69, 9.17) is 0 Å². The Morgan fingerprint density at radius 3 is 2.89 bits per heavy atom. The van der Waals surface area contributed by atoms with E-state index in [1.807, 2.05) is 18.4 Å². The van der Waals surface area contributed by atoms with E-state index in [1.165, 1.54) is 6.07 Å². The number of hydrogen-bond acceptors (Lipinski definition) is 3. The number of hydrogen-bond donors (Lipinski definition) is 1. The molecule has 2 aromatic rings. The average molecular weight is 264 g/mol. The highest BCUT2D eigenvalue weighted by Crippen LogP contribution is 2.21. The molecule has 1 aromatic carbocycles.